The van der Waals surface area contributed by atoms with Crippen LogP contribution in [0, 0.1) is 0 Å². The average molecular weight is 316 g/mol. The van der Waals surface area contributed by atoms with Crippen LogP contribution in [0.2, 0.25) is 5.02 Å². The van der Waals surface area contributed by atoms with Gasteiger partial charge in [-0.25, -0.2) is 4.98 Å². The van der Waals surface area contributed by atoms with E-state index in [-0.39, 0.29) is 16.6 Å². The van der Waals surface area contributed by atoms with Gasteiger partial charge in [-0.2, -0.15) is 18.3 Å². The molecule has 2 aromatic rings. The second-order valence-electron chi connectivity index (χ2n) is 4.01. The van der Waals surface area contributed by atoms with Crippen LogP contribution in [-0.2, 0) is 6.18 Å². The van der Waals surface area contributed by atoms with Gasteiger partial charge in [0.25, 0.3) is 0 Å². The molecule has 4 nitrogen and oxygen atoms in total. The number of pyridine rings is 1. The molecular weight excluding hydrogens is 307 g/mol. The Bertz CT molecular complexity index is 657. The third-order valence-corrected chi connectivity index (χ3v) is 2.73. The molecule has 0 atom stereocenters. The molecule has 0 saturated carbocycles. The first-order valence-electron chi connectivity index (χ1n) is 5.67. The summed E-state index contributed by atoms with van der Waals surface area (Å²) in [5, 5.41) is 12.7. The molecule has 2 rings (SSSR count). The fraction of sp³-hybridized carbons (Fsp3) is 0.0769. The van der Waals surface area contributed by atoms with Crippen LogP contribution in [0.4, 0.5) is 19.0 Å². The van der Waals surface area contributed by atoms with Crippen molar-refractivity contribution in [3.8, 4) is 5.75 Å². The van der Waals surface area contributed by atoms with Crippen molar-refractivity contribution in [2.24, 2.45) is 5.10 Å². The summed E-state index contributed by atoms with van der Waals surface area (Å²) in [4.78, 5) is 3.57. The predicted molar refractivity (Wildman–Crippen MR) is 73.6 cm³/mol. The topological polar surface area (TPSA) is 57.5 Å². The summed E-state index contributed by atoms with van der Waals surface area (Å²) < 4.78 is 37.3. The van der Waals surface area contributed by atoms with Gasteiger partial charge in [0.05, 0.1) is 16.8 Å². The number of aromatic hydroxyl groups is 1. The normalized spacial score (nSPS) is 11.8. The van der Waals surface area contributed by atoms with Crippen molar-refractivity contribution < 1.29 is 18.3 Å². The molecule has 0 bridgehead atoms. The lowest BCUT2D eigenvalue weighted by molar-refractivity contribution is -0.137. The number of hydrogen-bond donors (Lipinski definition) is 2. The van der Waals surface area contributed by atoms with Gasteiger partial charge in [0.15, 0.2) is 5.82 Å². The van der Waals surface area contributed by atoms with Crippen molar-refractivity contribution in [3.05, 3.63) is 52.7 Å². The molecule has 0 spiro atoms. The average Bonchev–Trinajstić information content (AvgIpc) is 2.41. The molecule has 0 unspecified atom stereocenters. The number of halogens is 4. The molecule has 0 radical (unpaired) electrons. The minimum absolute atomic E-state index is 0.0136. The molecule has 0 saturated heterocycles. The van der Waals surface area contributed by atoms with E-state index in [2.05, 4.69) is 15.5 Å². The number of aromatic nitrogens is 1. The summed E-state index contributed by atoms with van der Waals surface area (Å²) in [6.07, 6.45) is -2.41. The van der Waals surface area contributed by atoms with E-state index in [0.29, 0.717) is 11.8 Å². The molecule has 1 aromatic carbocycles. The summed E-state index contributed by atoms with van der Waals surface area (Å²) in [6.45, 7) is 0. The van der Waals surface area contributed by atoms with Gasteiger partial charge in [-0.05, 0) is 35.9 Å². The highest BCUT2D eigenvalue weighted by Crippen LogP contribution is 2.32. The Kier molecular flexibility index (Phi) is 4.32. The zero-order valence-electron chi connectivity index (χ0n) is 10.4. The Balaban J connectivity index is 2.08. The van der Waals surface area contributed by atoms with Crippen LogP contribution < -0.4 is 5.43 Å². The second-order valence-corrected chi connectivity index (χ2v) is 4.42. The number of benzene rings is 1. The maximum absolute atomic E-state index is 12.4. The molecule has 1 aromatic heterocycles. The van der Waals surface area contributed by atoms with E-state index >= 15 is 0 Å². The van der Waals surface area contributed by atoms with E-state index in [9.17, 15) is 13.2 Å². The first kappa shape index (κ1) is 15.1. The third kappa shape index (κ3) is 4.09. The van der Waals surface area contributed by atoms with E-state index < -0.39 is 11.7 Å². The molecule has 0 fully saturated rings. The van der Waals surface area contributed by atoms with Gasteiger partial charge < -0.3 is 5.11 Å². The van der Waals surface area contributed by atoms with E-state index in [0.717, 1.165) is 6.07 Å². The lowest BCUT2D eigenvalue weighted by Crippen LogP contribution is -2.06. The number of nitrogens with zero attached hydrogens (tertiary/aromatic N) is 2. The Labute approximate surface area is 122 Å². The number of alkyl halides is 3. The molecule has 21 heavy (non-hydrogen) atoms. The fourth-order valence-electron chi connectivity index (χ4n) is 1.40. The van der Waals surface area contributed by atoms with Crippen molar-refractivity contribution in [1.82, 2.24) is 4.98 Å². The quantitative estimate of drug-likeness (QED) is 0.667. The van der Waals surface area contributed by atoms with Crippen molar-refractivity contribution in [2.75, 3.05) is 5.43 Å². The summed E-state index contributed by atoms with van der Waals surface area (Å²) in [5.74, 6) is 0.132. The fourth-order valence-corrected chi connectivity index (χ4v) is 1.61. The molecule has 110 valence electrons. The minimum Gasteiger partial charge on any atom is -0.508 e. The number of phenolic OH excluding ortho intramolecular Hbond substituents is 1. The molecule has 0 aliphatic carbocycles. The summed E-state index contributed by atoms with van der Waals surface area (Å²) in [5.41, 5.74) is 2.20. The van der Waals surface area contributed by atoms with Crippen LogP contribution in [0.1, 0.15) is 11.1 Å². The maximum Gasteiger partial charge on any atom is 0.417 e. The Morgan fingerprint density at radius 1 is 1.24 bits per heavy atom. The first-order chi connectivity index (χ1) is 9.86. The predicted octanol–water partition coefficient (Wildman–Crippen LogP) is 3.91. The van der Waals surface area contributed by atoms with Crippen LogP contribution in [-0.4, -0.2) is 16.3 Å². The molecule has 0 aliphatic rings. The number of phenols is 1. The Morgan fingerprint density at radius 3 is 2.48 bits per heavy atom. The molecular formula is C13H9ClF3N3O. The standard InChI is InChI=1S/C13H9ClF3N3O/c14-11-5-9(13(15,16)17)7-18-12(11)20-19-6-8-1-3-10(21)4-2-8/h1-7,21H,(H,18,20)/b19-6+. The van der Waals surface area contributed by atoms with Gasteiger partial charge in [0.2, 0.25) is 0 Å². The van der Waals surface area contributed by atoms with E-state index in [1.54, 1.807) is 12.1 Å². The third-order valence-electron chi connectivity index (χ3n) is 2.45. The largest absolute Gasteiger partial charge is 0.508 e. The molecule has 1 heterocycles. The summed E-state index contributed by atoms with van der Waals surface area (Å²) in [7, 11) is 0. The van der Waals surface area contributed by atoms with Gasteiger partial charge in [-0.1, -0.05) is 11.6 Å². The number of anilines is 1. The lowest BCUT2D eigenvalue weighted by atomic mass is 10.2. The highest BCUT2D eigenvalue weighted by molar-refractivity contribution is 6.32. The number of nitrogens with one attached hydrogen (secondary N) is 1. The second kappa shape index (κ2) is 6.01. The van der Waals surface area contributed by atoms with Crippen LogP contribution >= 0.6 is 11.6 Å². The minimum atomic E-state index is -4.50. The summed E-state index contributed by atoms with van der Waals surface area (Å²) >= 11 is 5.71. The Morgan fingerprint density at radius 2 is 1.90 bits per heavy atom. The van der Waals surface area contributed by atoms with Crippen molar-refractivity contribution in [2.45, 2.75) is 6.18 Å². The van der Waals surface area contributed by atoms with Gasteiger partial charge >= 0.3 is 6.18 Å². The zero-order valence-corrected chi connectivity index (χ0v) is 11.2. The van der Waals surface area contributed by atoms with Crippen LogP contribution in [0.25, 0.3) is 0 Å². The summed E-state index contributed by atoms with van der Waals surface area (Å²) in [6, 6.07) is 6.95. The highest BCUT2D eigenvalue weighted by Gasteiger charge is 2.31. The lowest BCUT2D eigenvalue weighted by Gasteiger charge is -2.08. The number of hydrogen-bond acceptors (Lipinski definition) is 4. The SMILES string of the molecule is Oc1ccc(/C=N/Nc2ncc(C(F)(F)F)cc2Cl)cc1. The Hall–Kier alpha value is -2.28. The van der Waals surface area contributed by atoms with Crippen LogP contribution in [0.3, 0.4) is 0 Å². The van der Waals surface area contributed by atoms with Crippen LogP contribution in [0.15, 0.2) is 41.6 Å². The molecule has 0 amide bonds. The number of rotatable bonds is 3. The maximum atomic E-state index is 12.4. The van der Waals surface area contributed by atoms with Crippen molar-refractivity contribution >= 4 is 23.6 Å². The molecule has 8 heteroatoms. The molecule has 2 N–H and O–H groups in total. The number of hydrazone groups is 1. The zero-order chi connectivity index (χ0) is 15.5. The highest BCUT2D eigenvalue weighted by atomic mass is 35.5. The molecule has 0 aliphatic heterocycles. The van der Waals surface area contributed by atoms with Gasteiger partial charge in [0, 0.05) is 6.20 Å². The monoisotopic (exact) mass is 315 g/mol. The van der Waals surface area contributed by atoms with Gasteiger partial charge in [0.1, 0.15) is 5.75 Å². The first-order valence-corrected chi connectivity index (χ1v) is 6.05. The van der Waals surface area contributed by atoms with Crippen molar-refractivity contribution in [3.63, 3.8) is 0 Å². The smallest absolute Gasteiger partial charge is 0.417 e. The van der Waals surface area contributed by atoms with Gasteiger partial charge in [-0.3, -0.25) is 5.43 Å². The van der Waals surface area contributed by atoms with Crippen molar-refractivity contribution in [1.29, 1.82) is 0 Å². The van der Waals surface area contributed by atoms with E-state index in [1.807, 2.05) is 0 Å². The van der Waals surface area contributed by atoms with E-state index in [4.69, 9.17) is 16.7 Å². The van der Waals surface area contributed by atoms with Crippen LogP contribution in [0.5, 0.6) is 5.75 Å². The van der Waals surface area contributed by atoms with Gasteiger partial charge in [-0.15, -0.1) is 0 Å². The van der Waals surface area contributed by atoms with E-state index in [1.165, 1.54) is 18.3 Å².